The van der Waals surface area contributed by atoms with Crippen LogP contribution in [0.15, 0.2) is 352 Å². The first-order chi connectivity index (χ1) is 50.8. The number of fused-ring (bicyclic) bond motifs is 20. The van der Waals surface area contributed by atoms with Gasteiger partial charge in [0.25, 0.3) is 0 Å². The Morgan fingerprint density at radius 1 is 0.231 bits per heavy atom. The molecule has 4 aliphatic rings. The summed E-state index contributed by atoms with van der Waals surface area (Å²) >= 11 is 0. The van der Waals surface area contributed by atoms with Crippen LogP contribution in [-0.2, 0) is 21.7 Å². The Hall–Kier alpha value is -12.5. The summed E-state index contributed by atoms with van der Waals surface area (Å²) < 4.78 is 15.5. The van der Waals surface area contributed by atoms with Crippen LogP contribution in [0.1, 0.15) is 97.2 Å². The van der Waals surface area contributed by atoms with Gasteiger partial charge < -0.3 is 19.3 Å². The molecular weight excluding hydrogens is 1260 g/mol. The Kier molecular flexibility index (Phi) is 14.5. The second kappa shape index (κ2) is 24.1. The largest absolute Gasteiger partial charge is 0.457 e. The molecule has 498 valence electrons. The molecule has 4 heteroatoms. The molecule has 0 heterocycles. The van der Waals surface area contributed by atoms with Gasteiger partial charge in [0.1, 0.15) is 23.0 Å². The molecule has 15 aromatic carbocycles. The Labute approximate surface area is 610 Å². The molecule has 0 aliphatic heterocycles. The molecule has 4 aliphatic carbocycles. The lowest BCUT2D eigenvalue weighted by atomic mass is 9.70. The van der Waals surface area contributed by atoms with E-state index in [4.69, 9.17) is 9.47 Å². The number of rotatable bonds is 12. The summed E-state index contributed by atoms with van der Waals surface area (Å²) in [6.45, 7) is 13.8. The molecule has 0 aromatic heterocycles. The van der Waals surface area contributed by atoms with Crippen LogP contribution in [0.4, 0.5) is 34.1 Å². The molecule has 0 fully saturated rings. The highest BCUT2D eigenvalue weighted by molar-refractivity contribution is 6.01. The summed E-state index contributed by atoms with van der Waals surface area (Å²) in [5, 5.41) is 0. The summed E-state index contributed by atoms with van der Waals surface area (Å²) in [7, 11) is 0. The molecule has 0 bridgehead atoms. The van der Waals surface area contributed by atoms with Gasteiger partial charge in [0, 0.05) is 51.4 Å². The first kappa shape index (κ1) is 62.5. The highest BCUT2D eigenvalue weighted by Gasteiger charge is 2.55. The van der Waals surface area contributed by atoms with Gasteiger partial charge in [-0.2, -0.15) is 0 Å². The lowest BCUT2D eigenvalue weighted by molar-refractivity contribution is 0.468. The van der Waals surface area contributed by atoms with Crippen LogP contribution in [0, 0.1) is 0 Å². The average molecular weight is 1340 g/mol. The zero-order valence-corrected chi connectivity index (χ0v) is 59.2. The minimum atomic E-state index is -0.623. The lowest BCUT2D eigenvalue weighted by Crippen LogP contribution is -2.26. The predicted octanol–water partition coefficient (Wildman–Crippen LogP) is 26.8. The van der Waals surface area contributed by atoms with Crippen molar-refractivity contribution in [2.24, 2.45) is 0 Å². The van der Waals surface area contributed by atoms with E-state index in [0.29, 0.717) is 0 Å². The van der Waals surface area contributed by atoms with Crippen molar-refractivity contribution in [3.05, 3.63) is 407 Å². The molecule has 15 aromatic rings. The minimum Gasteiger partial charge on any atom is -0.457 e. The van der Waals surface area contributed by atoms with Crippen molar-refractivity contribution in [2.45, 2.75) is 63.2 Å². The monoisotopic (exact) mass is 1340 g/mol. The second-order valence-electron chi connectivity index (χ2n) is 30.2. The summed E-state index contributed by atoms with van der Waals surface area (Å²) in [6, 6.07) is 129. The standard InChI is InChI=1S/C100H76N2O2/c1-97(2,3)67-58-72(63-74(60-67)103-92-56-30-48-84-82-44-20-26-54-90(82)99(94(84)92)86-50-22-16-40-78(86)79-41-17-23-51-87(79)99)101(69-36-14-9-15-37-69)70-38-28-39-71(62-70)102(96-76(65-32-10-7-11-33-65)46-29-47-77(96)66-34-12-8-13-35-66)73-59-68(98(4,5)6)61-75(64-73)104-93-57-31-49-85-83-45-21-27-55-91(83)100(95(85)93)88-52-24-18-42-80(88)81-43-19-25-53-89(81)100/h7-64H,1-6H3. The lowest BCUT2D eigenvalue weighted by Gasteiger charge is -2.34. The van der Waals surface area contributed by atoms with E-state index in [9.17, 15) is 0 Å². The van der Waals surface area contributed by atoms with E-state index in [2.05, 4.69) is 403 Å². The van der Waals surface area contributed by atoms with E-state index in [-0.39, 0.29) is 10.8 Å². The van der Waals surface area contributed by atoms with Gasteiger partial charge in [-0.1, -0.05) is 315 Å². The third-order valence-corrected chi connectivity index (χ3v) is 22.2. The van der Waals surface area contributed by atoms with E-state index in [0.717, 1.165) is 102 Å². The summed E-state index contributed by atoms with van der Waals surface area (Å²) in [6.07, 6.45) is 0. The number of ether oxygens (including phenoxy) is 2. The fourth-order valence-electron chi connectivity index (χ4n) is 17.8. The molecule has 0 N–H and O–H groups in total. The molecule has 0 saturated carbocycles. The molecule has 104 heavy (non-hydrogen) atoms. The highest BCUT2D eigenvalue weighted by Crippen LogP contribution is 2.67. The molecular formula is C100H76N2O2. The highest BCUT2D eigenvalue weighted by atomic mass is 16.5. The van der Waals surface area contributed by atoms with Crippen molar-refractivity contribution >= 4 is 34.1 Å². The van der Waals surface area contributed by atoms with Crippen molar-refractivity contribution in [1.29, 1.82) is 0 Å². The Morgan fingerprint density at radius 2 is 0.519 bits per heavy atom. The van der Waals surface area contributed by atoms with E-state index in [1.54, 1.807) is 0 Å². The average Bonchev–Trinajstić information content (AvgIpc) is 1.51. The summed E-state index contributed by atoms with van der Waals surface area (Å²) in [4.78, 5) is 4.91. The minimum absolute atomic E-state index is 0.280. The SMILES string of the molecule is CC(C)(C)c1cc(Oc2cccc3c2C2(c4ccccc4-c4ccccc42)c2ccccc2-3)cc(N(c2ccccc2)c2cccc(N(c3cc(Oc4cccc5c4C4(c6ccccc6-c6ccccc64)c4ccccc4-5)cc(C(C)(C)C)c3)c3c(-c4ccccc4)cccc3-c3ccccc3)c2)c1. The maximum Gasteiger partial charge on any atom is 0.132 e. The van der Waals surface area contributed by atoms with Crippen LogP contribution in [-0.4, -0.2) is 0 Å². The molecule has 19 rings (SSSR count). The van der Waals surface area contributed by atoms with Crippen molar-refractivity contribution in [3.8, 4) is 89.8 Å². The van der Waals surface area contributed by atoms with Gasteiger partial charge in [-0.05, 0) is 178 Å². The van der Waals surface area contributed by atoms with Crippen molar-refractivity contribution < 1.29 is 9.47 Å². The van der Waals surface area contributed by atoms with Gasteiger partial charge in [0.15, 0.2) is 0 Å². The Morgan fingerprint density at radius 3 is 0.904 bits per heavy atom. The fraction of sp³-hybridized carbons (Fsp3) is 0.100. The molecule has 4 nitrogen and oxygen atoms in total. The third kappa shape index (κ3) is 9.65. The first-order valence-electron chi connectivity index (χ1n) is 36.4. The number of hydrogen-bond acceptors (Lipinski definition) is 4. The summed E-state index contributed by atoms with van der Waals surface area (Å²) in [5.41, 5.74) is 30.5. The van der Waals surface area contributed by atoms with Gasteiger partial charge in [-0.15, -0.1) is 0 Å². The van der Waals surface area contributed by atoms with Crippen LogP contribution >= 0.6 is 0 Å². The number of hydrogen-bond donors (Lipinski definition) is 0. The second-order valence-corrected chi connectivity index (χ2v) is 30.2. The van der Waals surface area contributed by atoms with Crippen molar-refractivity contribution in [3.63, 3.8) is 0 Å². The Balaban J connectivity index is 0.812. The van der Waals surface area contributed by atoms with Gasteiger partial charge in [-0.3, -0.25) is 0 Å². The zero-order chi connectivity index (χ0) is 70.1. The van der Waals surface area contributed by atoms with Crippen molar-refractivity contribution in [1.82, 2.24) is 0 Å². The maximum atomic E-state index is 7.82. The predicted molar refractivity (Wildman–Crippen MR) is 430 cm³/mol. The van der Waals surface area contributed by atoms with Gasteiger partial charge in [-0.25, -0.2) is 0 Å². The molecule has 0 saturated heterocycles. The van der Waals surface area contributed by atoms with Crippen molar-refractivity contribution in [2.75, 3.05) is 9.80 Å². The number of anilines is 6. The van der Waals surface area contributed by atoms with Crippen LogP contribution in [0.25, 0.3) is 66.8 Å². The third-order valence-electron chi connectivity index (χ3n) is 22.2. The van der Waals surface area contributed by atoms with E-state index in [1.165, 1.54) is 77.9 Å². The molecule has 0 amide bonds. The zero-order valence-electron chi connectivity index (χ0n) is 59.2. The van der Waals surface area contributed by atoms with E-state index in [1.807, 2.05) is 0 Å². The van der Waals surface area contributed by atoms with Crippen LogP contribution in [0.3, 0.4) is 0 Å². The van der Waals surface area contributed by atoms with Gasteiger partial charge >= 0.3 is 0 Å². The normalized spacial score (nSPS) is 13.4. The molecule has 0 unspecified atom stereocenters. The topological polar surface area (TPSA) is 24.9 Å². The smallest absolute Gasteiger partial charge is 0.132 e. The maximum absolute atomic E-state index is 7.82. The molecule has 0 atom stereocenters. The number of para-hydroxylation sites is 2. The first-order valence-corrected chi connectivity index (χ1v) is 36.4. The number of benzene rings is 15. The van der Waals surface area contributed by atoms with Crippen LogP contribution in [0.5, 0.6) is 23.0 Å². The fourth-order valence-corrected chi connectivity index (χ4v) is 17.8. The van der Waals surface area contributed by atoms with Crippen LogP contribution in [0.2, 0.25) is 0 Å². The quantitative estimate of drug-likeness (QED) is 0.122. The number of nitrogens with zero attached hydrogens (tertiary/aromatic N) is 2. The van der Waals surface area contributed by atoms with E-state index >= 15 is 0 Å². The summed E-state index contributed by atoms with van der Waals surface area (Å²) in [5.74, 6) is 3.14. The van der Waals surface area contributed by atoms with Gasteiger partial charge in [0.2, 0.25) is 0 Å². The molecule has 2 spiro atoms. The van der Waals surface area contributed by atoms with Crippen LogP contribution < -0.4 is 19.3 Å². The van der Waals surface area contributed by atoms with E-state index < -0.39 is 10.8 Å². The van der Waals surface area contributed by atoms with Gasteiger partial charge in [0.05, 0.1) is 27.9 Å². The Bertz CT molecular complexity index is 5730. The molecule has 0 radical (unpaired) electrons.